The number of nitrogens with zero attached hydrogens (tertiary/aromatic N) is 4. The Morgan fingerprint density at radius 3 is 2.64 bits per heavy atom. The maximum atomic E-state index is 13.2. The molecular weight excluding hydrogens is 434 g/mol. The number of hydrogen-bond acceptors (Lipinski definition) is 6. The van der Waals surface area contributed by atoms with Crippen molar-refractivity contribution in [2.45, 2.75) is 6.92 Å². The molecule has 0 spiro atoms. The maximum Gasteiger partial charge on any atom is 0.259 e. The van der Waals surface area contributed by atoms with Crippen molar-refractivity contribution in [2.24, 2.45) is 7.05 Å². The van der Waals surface area contributed by atoms with Crippen molar-refractivity contribution in [3.05, 3.63) is 78.2 Å². The van der Waals surface area contributed by atoms with Gasteiger partial charge in [0.15, 0.2) is 11.0 Å². The highest BCUT2D eigenvalue weighted by molar-refractivity contribution is 7.19. The summed E-state index contributed by atoms with van der Waals surface area (Å²) >= 11 is 1.40. The fourth-order valence-electron chi connectivity index (χ4n) is 3.67. The van der Waals surface area contributed by atoms with Crippen molar-refractivity contribution in [1.29, 1.82) is 0 Å². The summed E-state index contributed by atoms with van der Waals surface area (Å²) in [5.74, 6) is 1.27. The summed E-state index contributed by atoms with van der Waals surface area (Å²) < 4.78 is 7.22. The van der Waals surface area contributed by atoms with Gasteiger partial charge in [0, 0.05) is 36.5 Å². The Labute approximate surface area is 194 Å². The van der Waals surface area contributed by atoms with Crippen molar-refractivity contribution in [3.63, 3.8) is 0 Å². The standard InChI is InChI=1S/C25H21N5O2S/c1-15-19(13-17-9-10-18(32-3)14-20(17)27-15)24(31)29-25-28-21(16-7-5-4-6-8-16)22(33-25)23-26-11-12-30(23)2/h4-14H,1-3H3,(H,28,29,31). The minimum atomic E-state index is -0.252. The van der Waals surface area contributed by atoms with Crippen molar-refractivity contribution >= 4 is 33.3 Å². The van der Waals surface area contributed by atoms with Crippen molar-refractivity contribution in [2.75, 3.05) is 12.4 Å². The Hall–Kier alpha value is -4.04. The van der Waals surface area contributed by atoms with E-state index in [9.17, 15) is 4.79 Å². The number of aryl methyl sites for hydroxylation is 2. The van der Waals surface area contributed by atoms with Crippen LogP contribution in [0.5, 0.6) is 5.75 Å². The number of hydrogen-bond donors (Lipinski definition) is 1. The number of fused-ring (bicyclic) bond motifs is 1. The highest BCUT2D eigenvalue weighted by atomic mass is 32.1. The van der Waals surface area contributed by atoms with E-state index >= 15 is 0 Å². The lowest BCUT2D eigenvalue weighted by Gasteiger charge is -2.08. The molecule has 0 bridgehead atoms. The third kappa shape index (κ3) is 3.96. The number of methoxy groups -OCH3 is 1. The van der Waals surface area contributed by atoms with E-state index < -0.39 is 0 Å². The van der Waals surface area contributed by atoms with Crippen LogP contribution in [0, 0.1) is 6.92 Å². The molecule has 0 saturated carbocycles. The maximum absolute atomic E-state index is 13.2. The van der Waals surface area contributed by atoms with E-state index in [-0.39, 0.29) is 5.91 Å². The van der Waals surface area contributed by atoms with Crippen molar-refractivity contribution in [3.8, 4) is 27.7 Å². The van der Waals surface area contributed by atoms with Crippen LogP contribution in [-0.4, -0.2) is 32.5 Å². The van der Waals surface area contributed by atoms with Gasteiger partial charge in [0.25, 0.3) is 5.91 Å². The van der Waals surface area contributed by atoms with Gasteiger partial charge in [0.1, 0.15) is 5.75 Å². The molecule has 8 heteroatoms. The summed E-state index contributed by atoms with van der Waals surface area (Å²) in [5.41, 5.74) is 3.66. The van der Waals surface area contributed by atoms with Gasteiger partial charge in [-0.05, 0) is 25.1 Å². The number of pyridine rings is 1. The van der Waals surface area contributed by atoms with Crippen molar-refractivity contribution in [1.82, 2.24) is 19.5 Å². The summed E-state index contributed by atoms with van der Waals surface area (Å²) in [4.78, 5) is 27.9. The van der Waals surface area contributed by atoms with Crippen LogP contribution in [0.1, 0.15) is 16.1 Å². The lowest BCUT2D eigenvalue weighted by Crippen LogP contribution is -2.14. The Balaban J connectivity index is 1.52. The molecule has 0 aliphatic heterocycles. The SMILES string of the molecule is COc1ccc2cc(C(=O)Nc3nc(-c4ccccc4)c(-c4nccn4C)s3)c(C)nc2c1. The van der Waals surface area contributed by atoms with Gasteiger partial charge in [0.2, 0.25) is 0 Å². The molecule has 5 rings (SSSR count). The largest absolute Gasteiger partial charge is 0.497 e. The Morgan fingerprint density at radius 2 is 1.91 bits per heavy atom. The zero-order valence-electron chi connectivity index (χ0n) is 18.4. The molecule has 1 N–H and O–H groups in total. The first kappa shape index (κ1) is 20.8. The quantitative estimate of drug-likeness (QED) is 0.387. The molecule has 5 aromatic rings. The summed E-state index contributed by atoms with van der Waals surface area (Å²) in [6.45, 7) is 1.82. The molecule has 2 aromatic carbocycles. The van der Waals surface area contributed by atoms with Gasteiger partial charge in [-0.15, -0.1) is 0 Å². The lowest BCUT2D eigenvalue weighted by molar-refractivity contribution is 0.102. The van der Waals surface area contributed by atoms with Gasteiger partial charge in [-0.2, -0.15) is 0 Å². The number of thiazole rings is 1. The number of benzene rings is 2. The fraction of sp³-hybridized carbons (Fsp3) is 0.120. The third-order valence-corrected chi connectivity index (χ3v) is 6.35. The zero-order valence-corrected chi connectivity index (χ0v) is 19.2. The minimum Gasteiger partial charge on any atom is -0.497 e. The van der Waals surface area contributed by atoms with Gasteiger partial charge in [0.05, 0.1) is 34.5 Å². The molecule has 0 atom stereocenters. The summed E-state index contributed by atoms with van der Waals surface area (Å²) in [6, 6.07) is 17.3. The smallest absolute Gasteiger partial charge is 0.259 e. The lowest BCUT2D eigenvalue weighted by atomic mass is 10.1. The van der Waals surface area contributed by atoms with Gasteiger partial charge in [-0.3, -0.25) is 15.1 Å². The Kier molecular flexibility index (Phi) is 5.35. The van der Waals surface area contributed by atoms with Crippen LogP contribution < -0.4 is 10.1 Å². The van der Waals surface area contributed by atoms with Crippen LogP contribution in [0.2, 0.25) is 0 Å². The number of imidazole rings is 1. The highest BCUT2D eigenvalue weighted by Crippen LogP contribution is 2.38. The second kappa shape index (κ2) is 8.48. The van der Waals surface area contributed by atoms with Crippen LogP contribution in [0.15, 0.2) is 67.0 Å². The van der Waals surface area contributed by atoms with E-state index in [4.69, 9.17) is 9.72 Å². The Bertz CT molecular complexity index is 1470. The van der Waals surface area contributed by atoms with Crippen LogP contribution in [0.25, 0.3) is 32.9 Å². The summed E-state index contributed by atoms with van der Waals surface area (Å²) in [5, 5.41) is 4.34. The molecule has 33 heavy (non-hydrogen) atoms. The van der Waals surface area contributed by atoms with Gasteiger partial charge < -0.3 is 9.30 Å². The molecule has 0 aliphatic rings. The monoisotopic (exact) mass is 455 g/mol. The number of aromatic nitrogens is 4. The third-order valence-electron chi connectivity index (χ3n) is 5.38. The fourth-order valence-corrected chi connectivity index (χ4v) is 4.69. The topological polar surface area (TPSA) is 81.9 Å². The molecule has 0 saturated heterocycles. The van der Waals surface area contributed by atoms with Gasteiger partial charge in [-0.25, -0.2) is 9.97 Å². The number of carbonyl (C=O) groups is 1. The number of ether oxygens (including phenoxy) is 1. The molecule has 0 aliphatic carbocycles. The predicted octanol–water partition coefficient (Wildman–Crippen LogP) is 5.33. The second-order valence-corrected chi connectivity index (χ2v) is 8.56. The van der Waals surface area contributed by atoms with E-state index in [1.165, 1.54) is 11.3 Å². The van der Waals surface area contributed by atoms with Crippen molar-refractivity contribution < 1.29 is 9.53 Å². The normalized spacial score (nSPS) is 11.0. The second-order valence-electron chi connectivity index (χ2n) is 7.56. The molecule has 164 valence electrons. The van der Waals surface area contributed by atoms with E-state index in [0.717, 1.165) is 38.6 Å². The summed E-state index contributed by atoms with van der Waals surface area (Å²) in [6.07, 6.45) is 3.64. The van der Waals surface area contributed by atoms with E-state index in [1.54, 1.807) is 13.3 Å². The molecule has 3 aromatic heterocycles. The molecule has 0 fully saturated rings. The number of nitrogens with one attached hydrogen (secondary N) is 1. The zero-order chi connectivity index (χ0) is 22.9. The Morgan fingerprint density at radius 1 is 1.09 bits per heavy atom. The molecule has 3 heterocycles. The van der Waals surface area contributed by atoms with Gasteiger partial charge >= 0.3 is 0 Å². The van der Waals surface area contributed by atoms with Crippen LogP contribution in [0.3, 0.4) is 0 Å². The van der Waals surface area contributed by atoms with Gasteiger partial charge in [-0.1, -0.05) is 41.7 Å². The molecule has 7 nitrogen and oxygen atoms in total. The first-order valence-corrected chi connectivity index (χ1v) is 11.2. The van der Waals surface area contributed by atoms with E-state index in [0.29, 0.717) is 16.4 Å². The first-order valence-electron chi connectivity index (χ1n) is 10.3. The predicted molar refractivity (Wildman–Crippen MR) is 131 cm³/mol. The molecule has 0 radical (unpaired) electrons. The van der Waals surface area contributed by atoms with E-state index in [1.807, 2.05) is 79.3 Å². The van der Waals surface area contributed by atoms with Crippen LogP contribution >= 0.6 is 11.3 Å². The van der Waals surface area contributed by atoms with Crippen LogP contribution in [0.4, 0.5) is 5.13 Å². The number of anilines is 1. The average molecular weight is 456 g/mol. The molecule has 1 amide bonds. The van der Waals surface area contributed by atoms with E-state index in [2.05, 4.69) is 15.3 Å². The number of amides is 1. The first-order chi connectivity index (χ1) is 16.0. The highest BCUT2D eigenvalue weighted by Gasteiger charge is 2.20. The summed E-state index contributed by atoms with van der Waals surface area (Å²) in [7, 11) is 3.56. The molecule has 0 unspecified atom stereocenters. The minimum absolute atomic E-state index is 0.252. The average Bonchev–Trinajstić information content (AvgIpc) is 3.44. The number of carbonyl (C=O) groups excluding carboxylic acids is 1. The molecular formula is C25H21N5O2S. The number of rotatable bonds is 5. The van der Waals surface area contributed by atoms with Crippen LogP contribution in [-0.2, 0) is 7.05 Å².